The minimum absolute atomic E-state index is 0.215. The van der Waals surface area contributed by atoms with Gasteiger partial charge in [0.25, 0.3) is 0 Å². The molecule has 1 saturated heterocycles. The monoisotopic (exact) mass is 255 g/mol. The zero-order valence-corrected chi connectivity index (χ0v) is 11.1. The molecule has 0 saturated carbocycles. The van der Waals surface area contributed by atoms with Crippen LogP contribution in [0, 0.1) is 28.6 Å². The molecule has 0 aliphatic carbocycles. The first-order chi connectivity index (χ1) is 9.26. The minimum Gasteiger partial charge on any atom is -0.495 e. The lowest BCUT2D eigenvalue weighted by Gasteiger charge is -2.29. The van der Waals surface area contributed by atoms with Gasteiger partial charge >= 0.3 is 0 Å². The summed E-state index contributed by atoms with van der Waals surface area (Å²) in [6, 6.07) is 10.2. The number of piperidine rings is 1. The Morgan fingerprint density at radius 3 is 2.63 bits per heavy atom. The molecule has 0 bridgehead atoms. The fourth-order valence-electron chi connectivity index (χ4n) is 2.40. The number of benzene rings is 1. The van der Waals surface area contributed by atoms with E-state index in [1.165, 1.54) is 0 Å². The third-order valence-corrected chi connectivity index (χ3v) is 3.56. The fraction of sp³-hybridized carbons (Fsp3) is 0.467. The summed E-state index contributed by atoms with van der Waals surface area (Å²) in [5, 5.41) is 17.8. The van der Waals surface area contributed by atoms with Crippen molar-refractivity contribution in [2.45, 2.75) is 19.4 Å². The predicted molar refractivity (Wildman–Crippen MR) is 71.3 cm³/mol. The second-order valence-corrected chi connectivity index (χ2v) is 4.83. The molecule has 2 rings (SSSR count). The van der Waals surface area contributed by atoms with Crippen LogP contribution in [-0.4, -0.2) is 25.1 Å². The number of rotatable bonds is 3. The largest absolute Gasteiger partial charge is 0.495 e. The highest BCUT2D eigenvalue weighted by atomic mass is 16.5. The Morgan fingerprint density at radius 1 is 1.32 bits per heavy atom. The molecule has 0 radical (unpaired) electrons. The van der Waals surface area contributed by atoms with Gasteiger partial charge in [-0.05, 0) is 43.6 Å². The minimum atomic E-state index is 0.215. The summed E-state index contributed by atoms with van der Waals surface area (Å²) in [5.41, 5.74) is 1.71. The van der Waals surface area contributed by atoms with E-state index in [1.807, 2.05) is 12.1 Å². The van der Waals surface area contributed by atoms with Gasteiger partial charge in [0.05, 0.1) is 18.7 Å². The molecule has 0 amide bonds. The van der Waals surface area contributed by atoms with Crippen molar-refractivity contribution in [1.29, 1.82) is 10.5 Å². The molecular formula is C15H17N3O. The van der Waals surface area contributed by atoms with E-state index in [1.54, 1.807) is 13.2 Å². The summed E-state index contributed by atoms with van der Waals surface area (Å²) in [4.78, 5) is 2.34. The Morgan fingerprint density at radius 2 is 2.05 bits per heavy atom. The topological polar surface area (TPSA) is 60.0 Å². The molecule has 1 aliphatic rings. The van der Waals surface area contributed by atoms with Crippen LogP contribution in [0.3, 0.4) is 0 Å². The van der Waals surface area contributed by atoms with Crippen LogP contribution in [0.5, 0.6) is 5.75 Å². The Balaban J connectivity index is 2.01. The maximum Gasteiger partial charge on any atom is 0.136 e. The molecule has 1 heterocycles. The average molecular weight is 255 g/mol. The van der Waals surface area contributed by atoms with Crippen molar-refractivity contribution in [3.63, 3.8) is 0 Å². The van der Waals surface area contributed by atoms with Gasteiger partial charge in [-0.25, -0.2) is 0 Å². The lowest BCUT2D eigenvalue weighted by atomic mass is 9.98. The van der Waals surface area contributed by atoms with Crippen molar-refractivity contribution in [3.05, 3.63) is 29.3 Å². The van der Waals surface area contributed by atoms with Crippen LogP contribution in [0.1, 0.15) is 24.0 Å². The zero-order valence-electron chi connectivity index (χ0n) is 11.1. The smallest absolute Gasteiger partial charge is 0.136 e. The lowest BCUT2D eigenvalue weighted by molar-refractivity contribution is 0.198. The van der Waals surface area contributed by atoms with Crippen LogP contribution >= 0.6 is 0 Å². The van der Waals surface area contributed by atoms with E-state index in [-0.39, 0.29) is 5.92 Å². The van der Waals surface area contributed by atoms with Gasteiger partial charge in [0.15, 0.2) is 0 Å². The second-order valence-electron chi connectivity index (χ2n) is 4.83. The molecule has 0 unspecified atom stereocenters. The molecule has 0 aromatic heterocycles. The molecular weight excluding hydrogens is 238 g/mol. The summed E-state index contributed by atoms with van der Waals surface area (Å²) < 4.78 is 5.22. The Hall–Kier alpha value is -2.04. The summed E-state index contributed by atoms with van der Waals surface area (Å²) >= 11 is 0. The maximum absolute atomic E-state index is 8.95. The van der Waals surface area contributed by atoms with Gasteiger partial charge in [-0.15, -0.1) is 0 Å². The SMILES string of the molecule is COc1cc(CN2CCC(C#N)CC2)ccc1C#N. The van der Waals surface area contributed by atoms with Crippen molar-refractivity contribution >= 4 is 0 Å². The quantitative estimate of drug-likeness (QED) is 0.831. The van der Waals surface area contributed by atoms with E-state index < -0.39 is 0 Å². The molecule has 0 atom stereocenters. The average Bonchev–Trinajstić information content (AvgIpc) is 2.48. The Kier molecular flexibility index (Phi) is 4.39. The van der Waals surface area contributed by atoms with E-state index in [2.05, 4.69) is 17.0 Å². The molecule has 1 aliphatic heterocycles. The van der Waals surface area contributed by atoms with Crippen LogP contribution in [0.2, 0.25) is 0 Å². The summed E-state index contributed by atoms with van der Waals surface area (Å²) in [7, 11) is 1.58. The van der Waals surface area contributed by atoms with Crippen molar-refractivity contribution in [2.24, 2.45) is 5.92 Å². The first-order valence-corrected chi connectivity index (χ1v) is 6.46. The van der Waals surface area contributed by atoms with Gasteiger partial charge < -0.3 is 4.74 Å². The van der Waals surface area contributed by atoms with E-state index in [0.717, 1.165) is 38.0 Å². The number of likely N-dealkylation sites (tertiary alicyclic amines) is 1. The highest BCUT2D eigenvalue weighted by molar-refractivity contribution is 5.45. The van der Waals surface area contributed by atoms with Gasteiger partial charge in [0, 0.05) is 12.5 Å². The van der Waals surface area contributed by atoms with Crippen molar-refractivity contribution in [2.75, 3.05) is 20.2 Å². The number of hydrogen-bond donors (Lipinski definition) is 0. The van der Waals surface area contributed by atoms with Crippen molar-refractivity contribution in [3.8, 4) is 17.9 Å². The molecule has 98 valence electrons. The van der Waals surface area contributed by atoms with Crippen LogP contribution in [-0.2, 0) is 6.54 Å². The Bertz CT molecular complexity index is 519. The van der Waals surface area contributed by atoms with Crippen LogP contribution in [0.25, 0.3) is 0 Å². The number of hydrogen-bond acceptors (Lipinski definition) is 4. The van der Waals surface area contributed by atoms with Crippen molar-refractivity contribution < 1.29 is 4.74 Å². The summed E-state index contributed by atoms with van der Waals surface area (Å²) in [6.45, 7) is 2.77. The van der Waals surface area contributed by atoms with Crippen LogP contribution in [0.15, 0.2) is 18.2 Å². The first kappa shape index (κ1) is 13.4. The molecule has 1 fully saturated rings. The highest BCUT2D eigenvalue weighted by Crippen LogP contribution is 2.22. The fourth-order valence-corrected chi connectivity index (χ4v) is 2.40. The summed E-state index contributed by atoms with van der Waals surface area (Å²) in [5.74, 6) is 0.846. The van der Waals surface area contributed by atoms with E-state index in [4.69, 9.17) is 15.3 Å². The Labute approximate surface area is 113 Å². The molecule has 0 spiro atoms. The standard InChI is InChI=1S/C15H17N3O/c1-19-15-8-13(2-3-14(15)10-17)11-18-6-4-12(9-16)5-7-18/h2-3,8,12H,4-7,11H2,1H3. The molecule has 4 heteroatoms. The molecule has 1 aromatic rings. The molecule has 0 N–H and O–H groups in total. The first-order valence-electron chi connectivity index (χ1n) is 6.46. The van der Waals surface area contributed by atoms with Gasteiger partial charge in [0.2, 0.25) is 0 Å². The molecule has 1 aromatic carbocycles. The summed E-state index contributed by atoms with van der Waals surface area (Å²) in [6.07, 6.45) is 1.90. The van der Waals surface area contributed by atoms with Gasteiger partial charge in [-0.3, -0.25) is 4.90 Å². The van der Waals surface area contributed by atoms with Gasteiger partial charge in [0.1, 0.15) is 11.8 Å². The van der Waals surface area contributed by atoms with E-state index in [0.29, 0.717) is 11.3 Å². The van der Waals surface area contributed by atoms with Gasteiger partial charge in [-0.2, -0.15) is 10.5 Å². The predicted octanol–water partition coefficient (Wildman–Crippen LogP) is 2.30. The molecule has 19 heavy (non-hydrogen) atoms. The number of nitriles is 2. The highest BCUT2D eigenvalue weighted by Gasteiger charge is 2.18. The second kappa shape index (κ2) is 6.22. The normalized spacial score (nSPS) is 16.6. The number of nitrogens with zero attached hydrogens (tertiary/aromatic N) is 3. The number of ether oxygens (including phenoxy) is 1. The third kappa shape index (κ3) is 3.24. The number of methoxy groups -OCH3 is 1. The lowest BCUT2D eigenvalue weighted by Crippen LogP contribution is -2.32. The maximum atomic E-state index is 8.95. The van der Waals surface area contributed by atoms with E-state index in [9.17, 15) is 0 Å². The van der Waals surface area contributed by atoms with Crippen molar-refractivity contribution in [1.82, 2.24) is 4.90 Å². The van der Waals surface area contributed by atoms with Gasteiger partial charge in [-0.1, -0.05) is 6.07 Å². The van der Waals surface area contributed by atoms with E-state index >= 15 is 0 Å². The van der Waals surface area contributed by atoms with Crippen LogP contribution < -0.4 is 4.74 Å². The zero-order chi connectivity index (χ0) is 13.7. The molecule has 4 nitrogen and oxygen atoms in total. The van der Waals surface area contributed by atoms with Crippen LogP contribution in [0.4, 0.5) is 0 Å². The third-order valence-electron chi connectivity index (χ3n) is 3.56.